The van der Waals surface area contributed by atoms with E-state index in [2.05, 4.69) is 11.0 Å². The van der Waals surface area contributed by atoms with Crippen molar-refractivity contribution in [3.05, 3.63) is 58.1 Å². The van der Waals surface area contributed by atoms with E-state index in [9.17, 15) is 10.2 Å². The van der Waals surface area contributed by atoms with E-state index in [0.29, 0.717) is 17.9 Å². The summed E-state index contributed by atoms with van der Waals surface area (Å²) in [6.45, 7) is 6.31. The van der Waals surface area contributed by atoms with Crippen LogP contribution in [0.2, 0.25) is 0 Å². The fourth-order valence-electron chi connectivity index (χ4n) is 4.49. The van der Waals surface area contributed by atoms with Crippen LogP contribution >= 0.6 is 0 Å². The number of aliphatic hydroxyl groups is 1. The Morgan fingerprint density at radius 2 is 1.93 bits per heavy atom. The van der Waals surface area contributed by atoms with Crippen LogP contribution in [0.1, 0.15) is 40.7 Å². The van der Waals surface area contributed by atoms with Crippen molar-refractivity contribution in [2.75, 3.05) is 19.7 Å². The molecule has 5 nitrogen and oxygen atoms in total. The van der Waals surface area contributed by atoms with Gasteiger partial charge in [-0.3, -0.25) is 4.90 Å². The predicted molar refractivity (Wildman–Crippen MR) is 106 cm³/mol. The topological polar surface area (TPSA) is 76.7 Å². The van der Waals surface area contributed by atoms with Gasteiger partial charge in [0.1, 0.15) is 24.2 Å². The highest BCUT2D eigenvalue weighted by molar-refractivity contribution is 5.47. The molecule has 1 atom stereocenters. The summed E-state index contributed by atoms with van der Waals surface area (Å²) in [5.41, 5.74) is 5.11. The summed E-state index contributed by atoms with van der Waals surface area (Å²) in [5.74, 6) is 1.08. The van der Waals surface area contributed by atoms with Gasteiger partial charge in [-0.15, -0.1) is 0 Å². The number of hydrogen-bond donors (Lipinski definition) is 2. The second kappa shape index (κ2) is 7.12. The molecule has 1 fully saturated rings. The van der Waals surface area contributed by atoms with Crippen LogP contribution in [0, 0.1) is 25.2 Å². The van der Waals surface area contributed by atoms with E-state index in [1.54, 1.807) is 6.07 Å². The molecule has 2 N–H and O–H groups in total. The van der Waals surface area contributed by atoms with Gasteiger partial charge in [0.2, 0.25) is 0 Å². The molecule has 0 saturated heterocycles. The summed E-state index contributed by atoms with van der Waals surface area (Å²) in [6, 6.07) is 11.4. The lowest BCUT2D eigenvalue weighted by Crippen LogP contribution is -2.43. The Labute approximate surface area is 165 Å². The number of ether oxygens (including phenoxy) is 1. The highest BCUT2D eigenvalue weighted by atomic mass is 16.5. The van der Waals surface area contributed by atoms with Crippen molar-refractivity contribution >= 4 is 0 Å². The first-order chi connectivity index (χ1) is 13.4. The molecular weight excluding hydrogens is 352 g/mol. The monoisotopic (exact) mass is 378 g/mol. The van der Waals surface area contributed by atoms with Gasteiger partial charge in [-0.25, -0.2) is 0 Å². The third-order valence-electron chi connectivity index (χ3n) is 5.92. The SMILES string of the molecule is Cc1cc(C#N)cc(C)c1OCC(O)CN1Cc2ccc(O)cc2C2(CC2)C1. The number of benzene rings is 2. The van der Waals surface area contributed by atoms with Crippen molar-refractivity contribution in [1.82, 2.24) is 4.90 Å². The zero-order valence-corrected chi connectivity index (χ0v) is 16.4. The number of nitriles is 1. The number of aryl methyl sites for hydroxylation is 2. The average molecular weight is 378 g/mol. The van der Waals surface area contributed by atoms with Crippen LogP contribution in [0.15, 0.2) is 30.3 Å². The number of phenolic OH excluding ortho intramolecular Hbond substituents is 1. The molecule has 28 heavy (non-hydrogen) atoms. The van der Waals surface area contributed by atoms with E-state index < -0.39 is 6.10 Å². The van der Waals surface area contributed by atoms with Crippen LogP contribution in [0.5, 0.6) is 11.5 Å². The Morgan fingerprint density at radius 1 is 1.21 bits per heavy atom. The zero-order chi connectivity index (χ0) is 19.9. The Morgan fingerprint density at radius 3 is 2.57 bits per heavy atom. The molecule has 1 saturated carbocycles. The quantitative estimate of drug-likeness (QED) is 0.836. The fourth-order valence-corrected chi connectivity index (χ4v) is 4.49. The molecule has 0 aromatic heterocycles. The molecule has 2 aromatic carbocycles. The normalized spacial score (nSPS) is 18.4. The average Bonchev–Trinajstić information content (AvgIpc) is 3.41. The Bertz CT molecular complexity index is 920. The maximum atomic E-state index is 10.6. The molecular formula is C23H26N2O3. The van der Waals surface area contributed by atoms with Gasteiger partial charge in [-0.2, -0.15) is 5.26 Å². The summed E-state index contributed by atoms with van der Waals surface area (Å²) >= 11 is 0. The maximum absolute atomic E-state index is 10.6. The third kappa shape index (κ3) is 3.58. The summed E-state index contributed by atoms with van der Waals surface area (Å²) in [7, 11) is 0. The molecule has 146 valence electrons. The second-order valence-electron chi connectivity index (χ2n) is 8.31. The predicted octanol–water partition coefficient (Wildman–Crippen LogP) is 3.17. The molecule has 2 aromatic rings. The van der Waals surface area contributed by atoms with Crippen LogP contribution in [-0.2, 0) is 12.0 Å². The van der Waals surface area contributed by atoms with Gasteiger partial charge in [-0.05, 0) is 73.2 Å². The Hall–Kier alpha value is -2.55. The number of β-amino-alcohol motifs (C(OH)–C–C–N with tert-alkyl or cyclic N) is 1. The summed E-state index contributed by atoms with van der Waals surface area (Å²) in [5, 5.41) is 29.5. The molecule has 5 heteroatoms. The highest BCUT2D eigenvalue weighted by Gasteiger charge is 2.49. The minimum Gasteiger partial charge on any atom is -0.508 e. The van der Waals surface area contributed by atoms with Crippen molar-refractivity contribution in [2.45, 2.75) is 44.8 Å². The van der Waals surface area contributed by atoms with E-state index >= 15 is 0 Å². The standard InChI is InChI=1S/C23H26N2O3/c1-15-7-17(10-24)8-16(2)22(15)28-13-20(27)12-25-11-18-3-4-19(26)9-21(18)23(14-25)5-6-23/h3-4,7-9,20,26-27H,5-6,11-14H2,1-2H3. The van der Waals surface area contributed by atoms with Crippen molar-refractivity contribution < 1.29 is 14.9 Å². The van der Waals surface area contributed by atoms with Gasteiger partial charge in [0.05, 0.1) is 11.6 Å². The number of fused-ring (bicyclic) bond motifs is 2. The molecule has 0 radical (unpaired) electrons. The van der Waals surface area contributed by atoms with Crippen LogP contribution in [0.3, 0.4) is 0 Å². The summed E-state index contributed by atoms with van der Waals surface area (Å²) < 4.78 is 5.90. The van der Waals surface area contributed by atoms with Crippen molar-refractivity contribution in [2.24, 2.45) is 0 Å². The molecule has 0 bridgehead atoms. The molecule has 1 heterocycles. The third-order valence-corrected chi connectivity index (χ3v) is 5.92. The Kier molecular flexibility index (Phi) is 4.78. The van der Waals surface area contributed by atoms with Gasteiger partial charge < -0.3 is 14.9 Å². The molecule has 1 spiro atoms. The summed E-state index contributed by atoms with van der Waals surface area (Å²) in [6.07, 6.45) is 1.68. The highest BCUT2D eigenvalue weighted by Crippen LogP contribution is 2.53. The molecule has 2 aliphatic rings. The van der Waals surface area contributed by atoms with Gasteiger partial charge in [0.25, 0.3) is 0 Å². The van der Waals surface area contributed by atoms with E-state index in [1.165, 1.54) is 11.1 Å². The number of nitrogens with zero attached hydrogens (tertiary/aromatic N) is 2. The molecule has 0 amide bonds. The van der Waals surface area contributed by atoms with E-state index in [4.69, 9.17) is 10.00 Å². The maximum Gasteiger partial charge on any atom is 0.125 e. The van der Waals surface area contributed by atoms with Crippen LogP contribution in [0.4, 0.5) is 0 Å². The van der Waals surface area contributed by atoms with Crippen molar-refractivity contribution in [1.29, 1.82) is 5.26 Å². The van der Waals surface area contributed by atoms with Crippen LogP contribution in [-0.4, -0.2) is 40.9 Å². The molecule has 1 unspecified atom stereocenters. The van der Waals surface area contributed by atoms with E-state index in [-0.39, 0.29) is 12.0 Å². The van der Waals surface area contributed by atoms with Crippen LogP contribution in [0.25, 0.3) is 0 Å². The second-order valence-corrected chi connectivity index (χ2v) is 8.31. The van der Waals surface area contributed by atoms with E-state index in [0.717, 1.165) is 42.8 Å². The molecule has 1 aliphatic carbocycles. The minimum atomic E-state index is -0.594. The molecule has 1 aliphatic heterocycles. The smallest absolute Gasteiger partial charge is 0.125 e. The fraction of sp³-hybridized carbons (Fsp3) is 0.435. The Balaban J connectivity index is 1.40. The van der Waals surface area contributed by atoms with Gasteiger partial charge in [0.15, 0.2) is 0 Å². The van der Waals surface area contributed by atoms with Gasteiger partial charge in [0, 0.05) is 25.0 Å². The lowest BCUT2D eigenvalue weighted by atomic mass is 9.86. The summed E-state index contributed by atoms with van der Waals surface area (Å²) in [4.78, 5) is 2.29. The first-order valence-corrected chi connectivity index (χ1v) is 9.77. The van der Waals surface area contributed by atoms with Crippen LogP contribution < -0.4 is 4.74 Å². The zero-order valence-electron chi connectivity index (χ0n) is 16.4. The van der Waals surface area contributed by atoms with E-state index in [1.807, 2.05) is 38.1 Å². The first kappa shape index (κ1) is 18.8. The number of hydrogen-bond acceptors (Lipinski definition) is 5. The minimum absolute atomic E-state index is 0.146. The number of phenols is 1. The number of aromatic hydroxyl groups is 1. The number of rotatable bonds is 5. The number of aliphatic hydroxyl groups excluding tert-OH is 1. The first-order valence-electron chi connectivity index (χ1n) is 9.77. The van der Waals surface area contributed by atoms with Gasteiger partial charge in [-0.1, -0.05) is 6.07 Å². The van der Waals surface area contributed by atoms with Crippen molar-refractivity contribution in [3.8, 4) is 17.6 Å². The largest absolute Gasteiger partial charge is 0.508 e. The lowest BCUT2D eigenvalue weighted by Gasteiger charge is -2.36. The van der Waals surface area contributed by atoms with Gasteiger partial charge >= 0.3 is 0 Å². The van der Waals surface area contributed by atoms with Crippen molar-refractivity contribution in [3.63, 3.8) is 0 Å². The lowest BCUT2D eigenvalue weighted by molar-refractivity contribution is 0.0583. The molecule has 4 rings (SSSR count).